The SMILES string of the molecule is CC(C)Oc1ccc(C(=O)N2CCC(CNC(=O)OC(C)(C)C)CC2)cc1N. The number of nitrogens with zero attached hydrogens (tertiary/aromatic N) is 1. The fraction of sp³-hybridized carbons (Fsp3) is 0.619. The quantitative estimate of drug-likeness (QED) is 0.750. The van der Waals surface area contributed by atoms with Crippen molar-refractivity contribution in [2.45, 2.75) is 59.2 Å². The standard InChI is InChI=1S/C21H33N3O4/c1-14(2)27-18-7-6-16(12-17(18)22)19(25)24-10-8-15(9-11-24)13-23-20(26)28-21(3,4)5/h6-7,12,14-15H,8-11,13,22H2,1-5H3,(H,23,26). The van der Waals surface area contributed by atoms with Crippen LogP contribution in [0.2, 0.25) is 0 Å². The number of carbonyl (C=O) groups is 2. The van der Waals surface area contributed by atoms with E-state index in [-0.39, 0.29) is 12.0 Å². The number of amides is 2. The molecule has 7 heteroatoms. The van der Waals surface area contributed by atoms with Crippen LogP contribution in [0.15, 0.2) is 18.2 Å². The highest BCUT2D eigenvalue weighted by atomic mass is 16.6. The first-order valence-electron chi connectivity index (χ1n) is 9.87. The number of anilines is 1. The number of piperidine rings is 1. The zero-order chi connectivity index (χ0) is 20.9. The van der Waals surface area contributed by atoms with Crippen LogP contribution in [-0.2, 0) is 4.74 Å². The van der Waals surface area contributed by atoms with Crippen LogP contribution in [0.25, 0.3) is 0 Å². The maximum absolute atomic E-state index is 12.8. The summed E-state index contributed by atoms with van der Waals surface area (Å²) in [5, 5.41) is 2.82. The van der Waals surface area contributed by atoms with Crippen LogP contribution in [0.1, 0.15) is 57.8 Å². The average Bonchev–Trinajstić information content (AvgIpc) is 2.60. The molecule has 1 saturated heterocycles. The number of carbonyl (C=O) groups excluding carboxylic acids is 2. The molecule has 1 aromatic rings. The van der Waals surface area contributed by atoms with Gasteiger partial charge in [-0.3, -0.25) is 4.79 Å². The summed E-state index contributed by atoms with van der Waals surface area (Å²) in [7, 11) is 0. The average molecular weight is 392 g/mol. The Morgan fingerprint density at radius 3 is 2.43 bits per heavy atom. The number of hydrogen-bond acceptors (Lipinski definition) is 5. The molecule has 0 atom stereocenters. The van der Waals surface area contributed by atoms with Gasteiger partial charge < -0.3 is 25.4 Å². The van der Waals surface area contributed by atoms with Gasteiger partial charge in [0.15, 0.2) is 0 Å². The van der Waals surface area contributed by atoms with E-state index < -0.39 is 11.7 Å². The zero-order valence-electron chi connectivity index (χ0n) is 17.6. The second kappa shape index (κ2) is 9.17. The molecule has 2 amide bonds. The van der Waals surface area contributed by atoms with Crippen LogP contribution in [0.3, 0.4) is 0 Å². The van der Waals surface area contributed by atoms with E-state index in [4.69, 9.17) is 15.2 Å². The number of benzene rings is 1. The molecule has 156 valence electrons. The van der Waals surface area contributed by atoms with Crippen molar-refractivity contribution in [1.82, 2.24) is 10.2 Å². The molecule has 1 aliphatic heterocycles. The Kier molecular flexibility index (Phi) is 7.16. The molecule has 3 N–H and O–H groups in total. The molecule has 1 aliphatic rings. The van der Waals surface area contributed by atoms with Crippen LogP contribution in [0.5, 0.6) is 5.75 Å². The van der Waals surface area contributed by atoms with Gasteiger partial charge in [0.1, 0.15) is 11.4 Å². The number of rotatable bonds is 5. The van der Waals surface area contributed by atoms with Crippen molar-refractivity contribution in [3.8, 4) is 5.75 Å². The number of alkyl carbamates (subject to hydrolysis) is 1. The Morgan fingerprint density at radius 1 is 1.25 bits per heavy atom. The highest BCUT2D eigenvalue weighted by Crippen LogP contribution is 2.25. The van der Waals surface area contributed by atoms with Crippen molar-refractivity contribution in [3.05, 3.63) is 23.8 Å². The fourth-order valence-corrected chi connectivity index (χ4v) is 3.11. The summed E-state index contributed by atoms with van der Waals surface area (Å²) < 4.78 is 10.9. The molecular formula is C21H33N3O4. The summed E-state index contributed by atoms with van der Waals surface area (Å²) in [5.74, 6) is 0.906. The summed E-state index contributed by atoms with van der Waals surface area (Å²) in [6.45, 7) is 11.2. The van der Waals surface area contributed by atoms with Gasteiger partial charge in [-0.05, 0) is 71.6 Å². The number of hydrogen-bond donors (Lipinski definition) is 2. The molecule has 2 rings (SSSR count). The zero-order valence-corrected chi connectivity index (χ0v) is 17.6. The number of ether oxygens (including phenoxy) is 2. The van der Waals surface area contributed by atoms with E-state index in [1.54, 1.807) is 18.2 Å². The Morgan fingerprint density at radius 2 is 1.89 bits per heavy atom. The van der Waals surface area contributed by atoms with Gasteiger partial charge in [0.2, 0.25) is 0 Å². The second-order valence-corrected chi connectivity index (χ2v) is 8.54. The van der Waals surface area contributed by atoms with Crippen LogP contribution >= 0.6 is 0 Å². The molecule has 0 bridgehead atoms. The Balaban J connectivity index is 1.83. The molecule has 28 heavy (non-hydrogen) atoms. The molecule has 0 unspecified atom stereocenters. The van der Waals surface area contributed by atoms with E-state index in [0.717, 1.165) is 12.8 Å². The van der Waals surface area contributed by atoms with E-state index in [9.17, 15) is 9.59 Å². The number of nitrogens with two attached hydrogens (primary N) is 1. The van der Waals surface area contributed by atoms with Crippen molar-refractivity contribution in [1.29, 1.82) is 0 Å². The summed E-state index contributed by atoms with van der Waals surface area (Å²) in [4.78, 5) is 26.4. The van der Waals surface area contributed by atoms with Crippen molar-refractivity contribution < 1.29 is 19.1 Å². The third-order valence-corrected chi connectivity index (χ3v) is 4.46. The molecule has 1 heterocycles. The minimum atomic E-state index is -0.503. The summed E-state index contributed by atoms with van der Waals surface area (Å²) in [5.41, 5.74) is 6.56. The molecule has 7 nitrogen and oxygen atoms in total. The summed E-state index contributed by atoms with van der Waals surface area (Å²) >= 11 is 0. The van der Waals surface area contributed by atoms with E-state index in [1.165, 1.54) is 0 Å². The van der Waals surface area contributed by atoms with Gasteiger partial charge >= 0.3 is 6.09 Å². The number of nitrogen functional groups attached to an aromatic ring is 1. The minimum Gasteiger partial charge on any atom is -0.489 e. The topological polar surface area (TPSA) is 93.9 Å². The van der Waals surface area contributed by atoms with Gasteiger partial charge in [0.05, 0.1) is 11.8 Å². The molecular weight excluding hydrogens is 358 g/mol. The monoisotopic (exact) mass is 391 g/mol. The molecule has 0 aromatic heterocycles. The van der Waals surface area contributed by atoms with Gasteiger partial charge in [-0.1, -0.05) is 0 Å². The lowest BCUT2D eigenvalue weighted by Crippen LogP contribution is -2.42. The van der Waals surface area contributed by atoms with E-state index in [2.05, 4.69) is 5.32 Å². The van der Waals surface area contributed by atoms with Crippen molar-refractivity contribution in [3.63, 3.8) is 0 Å². The highest BCUT2D eigenvalue weighted by molar-refractivity contribution is 5.95. The van der Waals surface area contributed by atoms with Crippen molar-refractivity contribution in [2.75, 3.05) is 25.4 Å². The lowest BCUT2D eigenvalue weighted by Gasteiger charge is -2.32. The molecule has 0 spiro atoms. The first-order valence-corrected chi connectivity index (χ1v) is 9.87. The van der Waals surface area contributed by atoms with Crippen LogP contribution in [-0.4, -0.2) is 48.2 Å². The van der Waals surface area contributed by atoms with E-state index in [0.29, 0.717) is 42.6 Å². The predicted octanol–water partition coefficient (Wildman–Crippen LogP) is 3.43. The first kappa shape index (κ1) is 21.9. The molecule has 1 aromatic carbocycles. The maximum atomic E-state index is 12.8. The van der Waals surface area contributed by atoms with Crippen LogP contribution in [0.4, 0.5) is 10.5 Å². The Bertz CT molecular complexity index is 689. The maximum Gasteiger partial charge on any atom is 0.407 e. The third kappa shape index (κ3) is 6.62. The van der Waals surface area contributed by atoms with E-state index in [1.807, 2.05) is 39.5 Å². The molecule has 0 saturated carbocycles. The van der Waals surface area contributed by atoms with Gasteiger partial charge in [0, 0.05) is 25.2 Å². The van der Waals surface area contributed by atoms with Crippen LogP contribution < -0.4 is 15.8 Å². The van der Waals surface area contributed by atoms with Crippen molar-refractivity contribution >= 4 is 17.7 Å². The predicted molar refractivity (Wildman–Crippen MR) is 109 cm³/mol. The van der Waals surface area contributed by atoms with Gasteiger partial charge in [-0.25, -0.2) is 4.79 Å². The fourth-order valence-electron chi connectivity index (χ4n) is 3.11. The van der Waals surface area contributed by atoms with E-state index >= 15 is 0 Å². The lowest BCUT2D eigenvalue weighted by molar-refractivity contribution is 0.0500. The Hall–Kier alpha value is -2.44. The Labute approximate surface area is 167 Å². The molecule has 0 aliphatic carbocycles. The number of nitrogens with one attached hydrogen (secondary N) is 1. The summed E-state index contributed by atoms with van der Waals surface area (Å²) in [6.07, 6.45) is 1.30. The molecule has 1 fully saturated rings. The van der Waals surface area contributed by atoms with Gasteiger partial charge in [-0.2, -0.15) is 0 Å². The smallest absolute Gasteiger partial charge is 0.407 e. The first-order chi connectivity index (χ1) is 13.0. The highest BCUT2D eigenvalue weighted by Gasteiger charge is 2.25. The van der Waals surface area contributed by atoms with Crippen LogP contribution in [0, 0.1) is 5.92 Å². The van der Waals surface area contributed by atoms with Gasteiger partial charge in [0.25, 0.3) is 5.91 Å². The summed E-state index contributed by atoms with van der Waals surface area (Å²) in [6, 6.07) is 5.18. The molecule has 0 radical (unpaired) electrons. The second-order valence-electron chi connectivity index (χ2n) is 8.54. The normalized spacial score (nSPS) is 15.4. The number of likely N-dealkylation sites (tertiary alicyclic amines) is 1. The third-order valence-electron chi connectivity index (χ3n) is 4.46. The van der Waals surface area contributed by atoms with Gasteiger partial charge in [-0.15, -0.1) is 0 Å². The minimum absolute atomic E-state index is 0.0252. The van der Waals surface area contributed by atoms with Crippen molar-refractivity contribution in [2.24, 2.45) is 5.92 Å². The largest absolute Gasteiger partial charge is 0.489 e. The lowest BCUT2D eigenvalue weighted by atomic mass is 9.96.